The van der Waals surface area contributed by atoms with Crippen LogP contribution in [-0.4, -0.2) is 47.9 Å². The van der Waals surface area contributed by atoms with Crippen molar-refractivity contribution in [1.29, 1.82) is 0 Å². The Kier molecular flexibility index (Phi) is 5.64. The lowest BCUT2D eigenvalue weighted by atomic mass is 9.58. The van der Waals surface area contributed by atoms with E-state index in [1.165, 1.54) is 5.56 Å². The molecule has 2 atom stereocenters. The molecule has 0 bridgehead atoms. The van der Waals surface area contributed by atoms with Crippen LogP contribution in [0.1, 0.15) is 45.1 Å². The van der Waals surface area contributed by atoms with Gasteiger partial charge in [0, 0.05) is 37.2 Å². The van der Waals surface area contributed by atoms with Gasteiger partial charge < -0.3 is 20.1 Å². The zero-order valence-electron chi connectivity index (χ0n) is 15.3. The van der Waals surface area contributed by atoms with E-state index in [1.54, 1.807) is 0 Å². The van der Waals surface area contributed by atoms with Gasteiger partial charge in [-0.2, -0.15) is 0 Å². The van der Waals surface area contributed by atoms with Crippen molar-refractivity contribution < 1.29 is 14.6 Å². The minimum Gasteiger partial charge on any atom is -0.392 e. The topological polar surface area (TPSA) is 61.8 Å². The highest BCUT2D eigenvalue weighted by molar-refractivity contribution is 5.89. The number of carbonyl (C=O) groups excluding carboxylic acids is 1. The Morgan fingerprint density at radius 2 is 1.96 bits per heavy atom. The number of hydrogen-bond donors (Lipinski definition) is 2. The molecule has 25 heavy (non-hydrogen) atoms. The maximum Gasteiger partial charge on any atom is 0.321 e. The molecule has 5 nitrogen and oxygen atoms in total. The molecule has 138 valence electrons. The summed E-state index contributed by atoms with van der Waals surface area (Å²) in [7, 11) is 0. The quantitative estimate of drug-likeness (QED) is 0.859. The van der Waals surface area contributed by atoms with Crippen molar-refractivity contribution in [2.45, 2.75) is 58.2 Å². The van der Waals surface area contributed by atoms with E-state index >= 15 is 0 Å². The third-order valence-corrected chi connectivity index (χ3v) is 5.84. The lowest BCUT2D eigenvalue weighted by molar-refractivity contribution is -0.207. The molecule has 1 aliphatic carbocycles. The highest BCUT2D eigenvalue weighted by atomic mass is 16.5. The summed E-state index contributed by atoms with van der Waals surface area (Å²) in [5, 5.41) is 13.2. The van der Waals surface area contributed by atoms with Gasteiger partial charge in [-0.15, -0.1) is 0 Å². The number of carbonyl (C=O) groups is 1. The second-order valence-corrected chi connectivity index (χ2v) is 7.29. The summed E-state index contributed by atoms with van der Waals surface area (Å²) in [5.41, 5.74) is 1.98. The summed E-state index contributed by atoms with van der Waals surface area (Å²) in [4.78, 5) is 14.4. The van der Waals surface area contributed by atoms with E-state index in [0.29, 0.717) is 19.7 Å². The smallest absolute Gasteiger partial charge is 0.321 e. The Bertz CT molecular complexity index is 577. The first-order valence-electron chi connectivity index (χ1n) is 9.53. The van der Waals surface area contributed by atoms with Crippen LogP contribution in [0.3, 0.4) is 0 Å². The third-order valence-electron chi connectivity index (χ3n) is 5.84. The monoisotopic (exact) mass is 346 g/mol. The lowest BCUT2D eigenvalue weighted by Gasteiger charge is -2.56. The van der Waals surface area contributed by atoms with Crippen molar-refractivity contribution in [2.24, 2.45) is 5.41 Å². The van der Waals surface area contributed by atoms with Crippen LogP contribution in [0.2, 0.25) is 0 Å². The zero-order valence-corrected chi connectivity index (χ0v) is 15.3. The van der Waals surface area contributed by atoms with Crippen LogP contribution in [0.15, 0.2) is 24.3 Å². The van der Waals surface area contributed by atoms with Gasteiger partial charge in [0.05, 0.1) is 12.2 Å². The number of aliphatic hydroxyl groups excluding tert-OH is 1. The van der Waals surface area contributed by atoms with Gasteiger partial charge in [-0.25, -0.2) is 4.79 Å². The number of hydrogen-bond acceptors (Lipinski definition) is 3. The van der Waals surface area contributed by atoms with Crippen LogP contribution in [0.4, 0.5) is 10.5 Å². The van der Waals surface area contributed by atoms with E-state index < -0.39 is 0 Å². The Hall–Kier alpha value is -1.59. The first-order chi connectivity index (χ1) is 12.1. The molecule has 1 aromatic carbocycles. The molecule has 5 heteroatoms. The number of nitrogens with one attached hydrogen (secondary N) is 1. The average molecular weight is 346 g/mol. The fourth-order valence-corrected chi connectivity index (χ4v) is 4.19. The van der Waals surface area contributed by atoms with E-state index in [4.69, 9.17) is 4.74 Å². The molecule has 0 unspecified atom stereocenters. The largest absolute Gasteiger partial charge is 0.392 e. The number of amides is 2. The number of urea groups is 1. The molecule has 1 aliphatic heterocycles. The Labute approximate surface area is 150 Å². The molecule has 1 spiro atoms. The molecule has 2 fully saturated rings. The van der Waals surface area contributed by atoms with Crippen molar-refractivity contribution in [2.75, 3.05) is 25.0 Å². The fraction of sp³-hybridized carbons (Fsp3) is 0.650. The minimum atomic E-state index is -0.291. The van der Waals surface area contributed by atoms with Gasteiger partial charge in [0.25, 0.3) is 0 Å². The van der Waals surface area contributed by atoms with Crippen LogP contribution < -0.4 is 5.32 Å². The summed E-state index contributed by atoms with van der Waals surface area (Å²) in [6.45, 7) is 6.17. The van der Waals surface area contributed by atoms with E-state index in [0.717, 1.165) is 37.8 Å². The maximum atomic E-state index is 12.5. The van der Waals surface area contributed by atoms with Crippen LogP contribution in [0, 0.1) is 5.41 Å². The summed E-state index contributed by atoms with van der Waals surface area (Å²) in [6, 6.07) is 8.02. The molecule has 2 amide bonds. The predicted molar refractivity (Wildman–Crippen MR) is 98.7 cm³/mol. The zero-order chi connectivity index (χ0) is 17.9. The number of nitrogens with zero attached hydrogens (tertiary/aromatic N) is 1. The summed E-state index contributed by atoms with van der Waals surface area (Å²) in [6.07, 6.45) is 4.37. The molecule has 1 aromatic rings. The first kappa shape index (κ1) is 18.2. The van der Waals surface area contributed by atoms with E-state index in [-0.39, 0.29) is 23.7 Å². The Balaban J connectivity index is 1.53. The van der Waals surface area contributed by atoms with Gasteiger partial charge in [-0.3, -0.25) is 0 Å². The molecule has 3 rings (SSSR count). The van der Waals surface area contributed by atoms with Crippen molar-refractivity contribution >= 4 is 11.7 Å². The molecule has 1 heterocycles. The van der Waals surface area contributed by atoms with Crippen molar-refractivity contribution in [3.63, 3.8) is 0 Å². The number of aliphatic hydroxyl groups is 1. The normalized spacial score (nSPS) is 24.8. The van der Waals surface area contributed by atoms with Gasteiger partial charge in [0.1, 0.15) is 0 Å². The van der Waals surface area contributed by atoms with E-state index in [1.807, 2.05) is 24.0 Å². The lowest BCUT2D eigenvalue weighted by Crippen LogP contribution is -2.63. The maximum absolute atomic E-state index is 12.5. The number of aryl methyl sites for hydroxylation is 1. The number of rotatable bonds is 5. The summed E-state index contributed by atoms with van der Waals surface area (Å²) in [5.74, 6) is 0. The molecule has 0 radical (unpaired) electrons. The second kappa shape index (κ2) is 7.75. The summed E-state index contributed by atoms with van der Waals surface area (Å²) >= 11 is 0. The SMILES string of the molecule is CCCc1ccc(NC(=O)N2CCC3(CC2)[C@@H](OCC)C[C@@H]3O)cc1. The third kappa shape index (κ3) is 3.67. The van der Waals surface area contributed by atoms with E-state index in [2.05, 4.69) is 24.4 Å². The molecule has 1 saturated heterocycles. The van der Waals surface area contributed by atoms with Gasteiger partial charge >= 0.3 is 6.03 Å². The predicted octanol–water partition coefficient (Wildman–Crippen LogP) is 3.42. The van der Waals surface area contributed by atoms with Crippen molar-refractivity contribution in [3.8, 4) is 0 Å². The second-order valence-electron chi connectivity index (χ2n) is 7.29. The molecule has 2 N–H and O–H groups in total. The number of benzene rings is 1. The molecule has 0 aromatic heterocycles. The van der Waals surface area contributed by atoms with E-state index in [9.17, 15) is 9.90 Å². The van der Waals surface area contributed by atoms with Gasteiger partial charge in [-0.1, -0.05) is 25.5 Å². The molecular formula is C20H30N2O3. The van der Waals surface area contributed by atoms with Gasteiger partial charge in [0.15, 0.2) is 0 Å². The van der Waals surface area contributed by atoms with Crippen LogP contribution in [0.25, 0.3) is 0 Å². The van der Waals surface area contributed by atoms with Crippen LogP contribution in [0.5, 0.6) is 0 Å². The number of ether oxygens (including phenoxy) is 1. The highest BCUT2D eigenvalue weighted by Crippen LogP contribution is 2.50. The van der Waals surface area contributed by atoms with Crippen molar-refractivity contribution in [3.05, 3.63) is 29.8 Å². The number of anilines is 1. The fourth-order valence-electron chi connectivity index (χ4n) is 4.19. The molecule has 2 aliphatic rings. The highest BCUT2D eigenvalue weighted by Gasteiger charge is 2.56. The minimum absolute atomic E-state index is 0.0557. The molecule has 1 saturated carbocycles. The average Bonchev–Trinajstić information content (AvgIpc) is 2.63. The van der Waals surface area contributed by atoms with Crippen molar-refractivity contribution in [1.82, 2.24) is 4.90 Å². The summed E-state index contributed by atoms with van der Waals surface area (Å²) < 4.78 is 5.78. The number of likely N-dealkylation sites (tertiary alicyclic amines) is 1. The Morgan fingerprint density at radius 1 is 1.28 bits per heavy atom. The first-order valence-corrected chi connectivity index (χ1v) is 9.53. The standard InChI is InChI=1S/C20H30N2O3/c1-3-5-15-6-8-16(9-7-15)21-19(24)22-12-10-20(11-13-22)17(23)14-18(20)25-4-2/h6-9,17-18,23H,3-5,10-14H2,1-2H3,(H,21,24)/t17-,18-/m0/s1. The molecular weight excluding hydrogens is 316 g/mol. The Morgan fingerprint density at radius 3 is 2.52 bits per heavy atom. The number of piperidine rings is 1. The van der Waals surface area contributed by atoms with Crippen LogP contribution >= 0.6 is 0 Å². The van der Waals surface area contributed by atoms with Gasteiger partial charge in [-0.05, 0) is 43.9 Å². The van der Waals surface area contributed by atoms with Gasteiger partial charge in [0.2, 0.25) is 0 Å². The van der Waals surface area contributed by atoms with Crippen LogP contribution in [-0.2, 0) is 11.2 Å².